The number of hydrogen-bond acceptors (Lipinski definition) is 5. The highest BCUT2D eigenvalue weighted by Gasteiger charge is 2.19. The molecule has 1 aromatic carbocycles. The molecule has 0 aliphatic carbocycles. The highest BCUT2D eigenvalue weighted by molar-refractivity contribution is 8.00. The first-order valence-corrected chi connectivity index (χ1v) is 8.56. The summed E-state index contributed by atoms with van der Waals surface area (Å²) in [6.45, 7) is 4.30. The van der Waals surface area contributed by atoms with E-state index in [1.807, 2.05) is 66.9 Å². The predicted molar refractivity (Wildman–Crippen MR) is 94.5 cm³/mol. The third kappa shape index (κ3) is 3.51. The molecule has 0 spiro atoms. The zero-order valence-electron chi connectivity index (χ0n) is 13.5. The molecule has 1 N–H and O–H groups in total. The Morgan fingerprint density at radius 3 is 2.88 bits per heavy atom. The number of fused-ring (bicyclic) bond motifs is 1. The largest absolute Gasteiger partial charge is 0.492 e. The monoisotopic (exact) mass is 342 g/mol. The molecule has 0 radical (unpaired) electrons. The summed E-state index contributed by atoms with van der Waals surface area (Å²) >= 11 is 1.36. The van der Waals surface area contributed by atoms with E-state index in [0.29, 0.717) is 23.2 Å². The molecule has 0 saturated carbocycles. The number of carbonyl (C=O) groups is 1. The van der Waals surface area contributed by atoms with Gasteiger partial charge >= 0.3 is 0 Å². The maximum atomic E-state index is 12.5. The first kappa shape index (κ1) is 16.3. The van der Waals surface area contributed by atoms with E-state index in [-0.39, 0.29) is 11.2 Å². The van der Waals surface area contributed by atoms with E-state index in [0.717, 1.165) is 5.65 Å². The zero-order valence-corrected chi connectivity index (χ0v) is 14.3. The van der Waals surface area contributed by atoms with E-state index in [4.69, 9.17) is 4.74 Å². The van der Waals surface area contributed by atoms with Crippen LogP contribution in [0, 0.1) is 0 Å². The number of aromatic nitrogens is 3. The molecule has 0 aliphatic heterocycles. The molecular formula is C17H18N4O2S. The first-order chi connectivity index (χ1) is 11.7. The average molecular weight is 342 g/mol. The maximum absolute atomic E-state index is 12.5. The van der Waals surface area contributed by atoms with Crippen LogP contribution in [0.1, 0.15) is 13.8 Å². The first-order valence-electron chi connectivity index (χ1n) is 7.68. The van der Waals surface area contributed by atoms with E-state index in [1.54, 1.807) is 0 Å². The van der Waals surface area contributed by atoms with Crippen molar-refractivity contribution in [1.82, 2.24) is 14.6 Å². The third-order valence-electron chi connectivity index (χ3n) is 3.38. The number of rotatable bonds is 6. The molecule has 6 nitrogen and oxygen atoms in total. The lowest BCUT2D eigenvalue weighted by atomic mass is 10.3. The van der Waals surface area contributed by atoms with E-state index in [9.17, 15) is 4.79 Å². The van der Waals surface area contributed by atoms with Gasteiger partial charge in [-0.3, -0.25) is 9.20 Å². The molecule has 0 saturated heterocycles. The Hall–Kier alpha value is -2.54. The predicted octanol–water partition coefficient (Wildman–Crippen LogP) is 3.25. The molecule has 124 valence electrons. The Bertz CT molecular complexity index is 849. The lowest BCUT2D eigenvalue weighted by Gasteiger charge is -2.14. The number of hydrogen-bond donors (Lipinski definition) is 1. The van der Waals surface area contributed by atoms with E-state index >= 15 is 0 Å². The van der Waals surface area contributed by atoms with Crippen LogP contribution in [0.25, 0.3) is 5.65 Å². The fourth-order valence-electron chi connectivity index (χ4n) is 2.20. The average Bonchev–Trinajstić information content (AvgIpc) is 3.00. The van der Waals surface area contributed by atoms with Crippen LogP contribution >= 0.6 is 11.8 Å². The number of nitrogens with zero attached hydrogens (tertiary/aromatic N) is 3. The van der Waals surface area contributed by atoms with Gasteiger partial charge < -0.3 is 10.1 Å². The minimum Gasteiger partial charge on any atom is -0.492 e. The summed E-state index contributed by atoms with van der Waals surface area (Å²) in [7, 11) is 0. The molecule has 0 bridgehead atoms. The van der Waals surface area contributed by atoms with Crippen LogP contribution in [0.2, 0.25) is 0 Å². The van der Waals surface area contributed by atoms with E-state index < -0.39 is 0 Å². The second kappa shape index (κ2) is 7.35. The minimum absolute atomic E-state index is 0.111. The van der Waals surface area contributed by atoms with Crippen LogP contribution < -0.4 is 10.1 Å². The van der Waals surface area contributed by atoms with Gasteiger partial charge in [-0.2, -0.15) is 0 Å². The highest BCUT2D eigenvalue weighted by Crippen LogP contribution is 2.27. The Kier molecular flexibility index (Phi) is 5.00. The number of amides is 1. The minimum atomic E-state index is -0.327. The van der Waals surface area contributed by atoms with Crippen LogP contribution in [0.4, 0.5) is 5.69 Å². The third-order valence-corrected chi connectivity index (χ3v) is 4.44. The van der Waals surface area contributed by atoms with Crippen molar-refractivity contribution < 1.29 is 9.53 Å². The molecule has 2 aromatic heterocycles. The smallest absolute Gasteiger partial charge is 0.237 e. The molecule has 3 rings (SSSR count). The van der Waals surface area contributed by atoms with Crippen molar-refractivity contribution in [3.8, 4) is 5.75 Å². The summed E-state index contributed by atoms with van der Waals surface area (Å²) in [5, 5.41) is 11.5. The van der Waals surface area contributed by atoms with Gasteiger partial charge in [0, 0.05) is 6.20 Å². The lowest BCUT2D eigenvalue weighted by molar-refractivity contribution is -0.115. The number of ether oxygens (including phenoxy) is 1. The Morgan fingerprint density at radius 1 is 1.25 bits per heavy atom. The summed E-state index contributed by atoms with van der Waals surface area (Å²) in [6, 6.07) is 13.1. The summed E-state index contributed by atoms with van der Waals surface area (Å²) in [4.78, 5) is 12.5. The Labute approximate surface area is 144 Å². The van der Waals surface area contributed by atoms with Gasteiger partial charge in [-0.15, -0.1) is 10.2 Å². The van der Waals surface area contributed by atoms with Crippen molar-refractivity contribution in [3.63, 3.8) is 0 Å². The topological polar surface area (TPSA) is 68.5 Å². The summed E-state index contributed by atoms with van der Waals surface area (Å²) < 4.78 is 7.40. The van der Waals surface area contributed by atoms with Gasteiger partial charge in [0.2, 0.25) is 5.91 Å². The number of benzene rings is 1. The van der Waals surface area contributed by atoms with Gasteiger partial charge in [0.15, 0.2) is 10.8 Å². The SMILES string of the molecule is CCOc1ccccc1NC(=O)[C@H](C)Sc1nnc2ccccn12. The van der Waals surface area contributed by atoms with Crippen molar-refractivity contribution >= 4 is 29.0 Å². The quantitative estimate of drug-likeness (QED) is 0.697. The standard InChI is InChI=1S/C17H18N4O2S/c1-3-23-14-9-5-4-8-13(14)18-16(22)12(2)24-17-20-19-15-10-6-7-11-21(15)17/h4-12H,3H2,1-2H3,(H,18,22)/t12-/m0/s1. The molecule has 1 atom stereocenters. The fourth-order valence-corrected chi connectivity index (χ4v) is 3.04. The molecule has 24 heavy (non-hydrogen) atoms. The maximum Gasteiger partial charge on any atom is 0.237 e. The number of nitrogens with one attached hydrogen (secondary N) is 1. The molecule has 2 heterocycles. The van der Waals surface area contributed by atoms with Crippen LogP contribution in [0.15, 0.2) is 53.8 Å². The molecule has 1 amide bonds. The van der Waals surface area contributed by atoms with Crippen molar-refractivity contribution in [2.75, 3.05) is 11.9 Å². The fraction of sp³-hybridized carbons (Fsp3) is 0.235. The van der Waals surface area contributed by atoms with E-state index in [2.05, 4.69) is 15.5 Å². The zero-order chi connectivity index (χ0) is 16.9. The second-order valence-electron chi connectivity index (χ2n) is 5.09. The number of thioether (sulfide) groups is 1. The molecule has 0 aliphatic rings. The number of anilines is 1. The molecule has 0 fully saturated rings. The number of pyridine rings is 1. The normalized spacial score (nSPS) is 12.1. The lowest BCUT2D eigenvalue weighted by Crippen LogP contribution is -2.23. The second-order valence-corrected chi connectivity index (χ2v) is 6.40. The van der Waals surface area contributed by atoms with Gasteiger partial charge in [0.05, 0.1) is 17.5 Å². The summed E-state index contributed by atoms with van der Waals surface area (Å²) in [6.07, 6.45) is 1.88. The summed E-state index contributed by atoms with van der Waals surface area (Å²) in [5.41, 5.74) is 1.43. The van der Waals surface area contributed by atoms with Crippen molar-refractivity contribution in [2.24, 2.45) is 0 Å². The van der Waals surface area contributed by atoms with Crippen LogP contribution in [0.3, 0.4) is 0 Å². The molecular weight excluding hydrogens is 324 g/mol. The van der Waals surface area contributed by atoms with Crippen LogP contribution in [-0.2, 0) is 4.79 Å². The number of para-hydroxylation sites is 2. The molecule has 3 aromatic rings. The Balaban J connectivity index is 1.71. The molecule has 7 heteroatoms. The van der Waals surface area contributed by atoms with Crippen molar-refractivity contribution in [2.45, 2.75) is 24.3 Å². The Morgan fingerprint density at radius 2 is 2.04 bits per heavy atom. The highest BCUT2D eigenvalue weighted by atomic mass is 32.2. The van der Waals surface area contributed by atoms with Gasteiger partial charge in [0.1, 0.15) is 5.75 Å². The number of carbonyl (C=O) groups excluding carboxylic acids is 1. The molecule has 0 unspecified atom stereocenters. The van der Waals surface area contributed by atoms with Crippen LogP contribution in [-0.4, -0.2) is 32.4 Å². The van der Waals surface area contributed by atoms with Gasteiger partial charge in [-0.05, 0) is 38.1 Å². The summed E-state index contributed by atoms with van der Waals surface area (Å²) in [5.74, 6) is 0.554. The van der Waals surface area contributed by atoms with Gasteiger partial charge in [0.25, 0.3) is 0 Å². The van der Waals surface area contributed by atoms with Crippen LogP contribution in [0.5, 0.6) is 5.75 Å². The van der Waals surface area contributed by atoms with Crippen molar-refractivity contribution in [1.29, 1.82) is 0 Å². The van der Waals surface area contributed by atoms with E-state index in [1.165, 1.54) is 11.8 Å². The van der Waals surface area contributed by atoms with Gasteiger partial charge in [-0.1, -0.05) is 30.0 Å². The van der Waals surface area contributed by atoms with Crippen molar-refractivity contribution in [3.05, 3.63) is 48.7 Å². The van der Waals surface area contributed by atoms with Gasteiger partial charge in [-0.25, -0.2) is 0 Å².